The lowest BCUT2D eigenvalue weighted by molar-refractivity contribution is 0.581. The molecule has 0 fully saturated rings. The van der Waals surface area contributed by atoms with Crippen LogP contribution in [-0.2, 0) is 23.5 Å². The second-order valence-corrected chi connectivity index (χ2v) is 6.82. The van der Waals surface area contributed by atoms with Crippen molar-refractivity contribution < 1.29 is 8.42 Å². The Hall–Kier alpha value is -1.45. The molecule has 9 heteroatoms. The Balaban J connectivity index is 2.04. The molecule has 1 heterocycles. The predicted octanol–water partition coefficient (Wildman–Crippen LogP) is 0.681. The third-order valence-electron chi connectivity index (χ3n) is 2.55. The third-order valence-corrected chi connectivity index (χ3v) is 4.58. The molecule has 0 bridgehead atoms. The monoisotopic (exact) mass is 359 g/mol. The van der Waals surface area contributed by atoms with Crippen molar-refractivity contribution in [3.05, 3.63) is 34.8 Å². The van der Waals surface area contributed by atoms with Gasteiger partial charge in [-0.25, -0.2) is 18.1 Å². The minimum absolute atomic E-state index is 0.0645. The van der Waals surface area contributed by atoms with Gasteiger partial charge in [-0.2, -0.15) is 5.10 Å². The van der Waals surface area contributed by atoms with E-state index >= 15 is 0 Å². The lowest BCUT2D eigenvalue weighted by Crippen LogP contribution is -2.27. The van der Waals surface area contributed by atoms with E-state index in [4.69, 9.17) is 5.73 Å². The fourth-order valence-electron chi connectivity index (χ4n) is 1.64. The van der Waals surface area contributed by atoms with Crippen molar-refractivity contribution in [1.82, 2.24) is 19.5 Å². The Morgan fingerprint density at radius 2 is 2.20 bits per heavy atom. The number of nitrogens with zero attached hydrogens (tertiary/aromatic N) is 3. The summed E-state index contributed by atoms with van der Waals surface area (Å²) in [6.45, 7) is 0.210. The fourth-order valence-corrected chi connectivity index (χ4v) is 3.16. The molecule has 0 aliphatic rings. The molecule has 7 nitrogen and oxygen atoms in total. The SMILES string of the molecule is Cn1cnc(CCNS(=O)(=O)c2ccc(Br)cc2N)n1. The van der Waals surface area contributed by atoms with Gasteiger partial charge in [0.2, 0.25) is 10.0 Å². The minimum Gasteiger partial charge on any atom is -0.398 e. The van der Waals surface area contributed by atoms with Crippen LogP contribution in [0, 0.1) is 0 Å². The average Bonchev–Trinajstić information content (AvgIpc) is 2.74. The number of nitrogens with two attached hydrogens (primary N) is 1. The van der Waals surface area contributed by atoms with E-state index in [0.29, 0.717) is 12.2 Å². The summed E-state index contributed by atoms with van der Waals surface area (Å²) >= 11 is 3.23. The topological polar surface area (TPSA) is 103 Å². The van der Waals surface area contributed by atoms with E-state index in [0.717, 1.165) is 4.47 Å². The number of hydrogen-bond donors (Lipinski definition) is 2. The highest BCUT2D eigenvalue weighted by Crippen LogP contribution is 2.22. The van der Waals surface area contributed by atoms with Gasteiger partial charge in [-0.15, -0.1) is 0 Å². The highest BCUT2D eigenvalue weighted by Gasteiger charge is 2.17. The van der Waals surface area contributed by atoms with Crippen molar-refractivity contribution in [1.29, 1.82) is 0 Å². The van der Waals surface area contributed by atoms with Crippen LogP contribution in [0.4, 0.5) is 5.69 Å². The second kappa shape index (κ2) is 5.90. The van der Waals surface area contributed by atoms with Crippen LogP contribution in [0.2, 0.25) is 0 Å². The minimum atomic E-state index is -3.63. The molecule has 3 N–H and O–H groups in total. The first kappa shape index (κ1) is 14.9. The smallest absolute Gasteiger partial charge is 0.242 e. The first-order valence-corrected chi connectivity index (χ1v) is 8.05. The van der Waals surface area contributed by atoms with Crippen molar-refractivity contribution in [3.63, 3.8) is 0 Å². The Labute approximate surface area is 125 Å². The molecular formula is C11H14BrN5O2S. The number of hydrogen-bond acceptors (Lipinski definition) is 5. The fraction of sp³-hybridized carbons (Fsp3) is 0.273. The second-order valence-electron chi connectivity index (χ2n) is 4.16. The molecule has 0 amide bonds. The van der Waals surface area contributed by atoms with Crippen molar-refractivity contribution in [2.24, 2.45) is 7.05 Å². The van der Waals surface area contributed by atoms with Crippen LogP contribution >= 0.6 is 15.9 Å². The van der Waals surface area contributed by atoms with Gasteiger partial charge in [0.05, 0.1) is 5.69 Å². The highest BCUT2D eigenvalue weighted by molar-refractivity contribution is 9.10. The standard InChI is InChI=1S/C11H14BrN5O2S/c1-17-7-14-11(16-17)4-5-15-20(18,19)10-3-2-8(12)6-9(10)13/h2-3,6-7,15H,4-5,13H2,1H3. The van der Waals surface area contributed by atoms with E-state index in [1.807, 2.05) is 0 Å². The maximum atomic E-state index is 12.1. The van der Waals surface area contributed by atoms with Gasteiger partial charge >= 0.3 is 0 Å². The van der Waals surface area contributed by atoms with E-state index in [2.05, 4.69) is 30.7 Å². The zero-order valence-electron chi connectivity index (χ0n) is 10.7. The molecule has 0 saturated heterocycles. The normalized spacial score (nSPS) is 11.7. The average molecular weight is 360 g/mol. The van der Waals surface area contributed by atoms with E-state index in [9.17, 15) is 8.42 Å². The summed E-state index contributed by atoms with van der Waals surface area (Å²) < 4.78 is 29.0. The first-order chi connectivity index (χ1) is 9.38. The van der Waals surface area contributed by atoms with Gasteiger partial charge in [-0.05, 0) is 18.2 Å². The van der Waals surface area contributed by atoms with Gasteiger partial charge in [0.25, 0.3) is 0 Å². The Kier molecular flexibility index (Phi) is 4.41. The molecule has 2 rings (SSSR count). The van der Waals surface area contributed by atoms with E-state index < -0.39 is 10.0 Å². The van der Waals surface area contributed by atoms with Gasteiger partial charge in [-0.1, -0.05) is 15.9 Å². The summed E-state index contributed by atoms with van der Waals surface area (Å²) in [5.41, 5.74) is 5.91. The zero-order chi connectivity index (χ0) is 14.8. The number of nitrogens with one attached hydrogen (secondary N) is 1. The molecule has 0 aliphatic heterocycles. The van der Waals surface area contributed by atoms with Crippen LogP contribution in [-0.4, -0.2) is 29.7 Å². The molecule has 0 spiro atoms. The number of nitrogen functional groups attached to an aromatic ring is 1. The van der Waals surface area contributed by atoms with Crippen LogP contribution in [0.15, 0.2) is 33.9 Å². The lowest BCUT2D eigenvalue weighted by Gasteiger charge is -2.08. The van der Waals surface area contributed by atoms with Crippen molar-refractivity contribution in [2.45, 2.75) is 11.3 Å². The van der Waals surface area contributed by atoms with Gasteiger partial charge < -0.3 is 5.73 Å². The third kappa shape index (κ3) is 3.56. The number of halogens is 1. The molecule has 0 saturated carbocycles. The van der Waals surface area contributed by atoms with Crippen molar-refractivity contribution in [3.8, 4) is 0 Å². The van der Waals surface area contributed by atoms with Gasteiger partial charge in [0.15, 0.2) is 5.82 Å². The Morgan fingerprint density at radius 1 is 1.45 bits per heavy atom. The summed E-state index contributed by atoms with van der Waals surface area (Å²) in [4.78, 5) is 4.09. The lowest BCUT2D eigenvalue weighted by atomic mass is 10.3. The van der Waals surface area contributed by atoms with Crippen LogP contribution in [0.25, 0.3) is 0 Å². The largest absolute Gasteiger partial charge is 0.398 e. The number of benzene rings is 1. The highest BCUT2D eigenvalue weighted by atomic mass is 79.9. The number of aryl methyl sites for hydroxylation is 1. The van der Waals surface area contributed by atoms with Gasteiger partial charge in [0.1, 0.15) is 11.2 Å². The van der Waals surface area contributed by atoms with Gasteiger partial charge in [-0.3, -0.25) is 4.68 Å². The quantitative estimate of drug-likeness (QED) is 0.764. The van der Waals surface area contributed by atoms with Crippen molar-refractivity contribution >= 4 is 31.6 Å². The summed E-state index contributed by atoms with van der Waals surface area (Å²) in [6, 6.07) is 4.64. The number of aromatic nitrogens is 3. The maximum Gasteiger partial charge on any atom is 0.242 e. The Morgan fingerprint density at radius 3 is 2.80 bits per heavy atom. The van der Waals surface area contributed by atoms with Crippen LogP contribution in [0.3, 0.4) is 0 Å². The summed E-state index contributed by atoms with van der Waals surface area (Å²) in [6.07, 6.45) is 1.98. The molecule has 0 radical (unpaired) electrons. The molecule has 0 atom stereocenters. The Bertz CT molecular complexity index is 713. The maximum absolute atomic E-state index is 12.1. The molecule has 108 valence electrons. The van der Waals surface area contributed by atoms with Crippen molar-refractivity contribution in [2.75, 3.05) is 12.3 Å². The molecule has 2 aromatic rings. The summed E-state index contributed by atoms with van der Waals surface area (Å²) in [5, 5.41) is 4.07. The first-order valence-electron chi connectivity index (χ1n) is 5.78. The number of sulfonamides is 1. The summed E-state index contributed by atoms with van der Waals surface area (Å²) in [5.74, 6) is 0.582. The van der Waals surface area contributed by atoms with E-state index in [1.165, 1.54) is 6.07 Å². The summed E-state index contributed by atoms with van der Waals surface area (Å²) in [7, 11) is -1.88. The van der Waals surface area contributed by atoms with Crippen LogP contribution in [0.5, 0.6) is 0 Å². The number of anilines is 1. The van der Waals surface area contributed by atoms with Crippen LogP contribution < -0.4 is 10.5 Å². The van der Waals surface area contributed by atoms with E-state index in [1.54, 1.807) is 30.2 Å². The molecule has 1 aromatic heterocycles. The zero-order valence-corrected chi connectivity index (χ0v) is 13.1. The number of rotatable bonds is 5. The molecule has 1 aromatic carbocycles. The van der Waals surface area contributed by atoms with E-state index in [-0.39, 0.29) is 17.1 Å². The molecule has 0 aliphatic carbocycles. The molecule has 20 heavy (non-hydrogen) atoms. The van der Waals surface area contributed by atoms with Gasteiger partial charge in [0, 0.05) is 24.5 Å². The van der Waals surface area contributed by atoms with Crippen LogP contribution in [0.1, 0.15) is 5.82 Å². The molecule has 0 unspecified atom stereocenters. The predicted molar refractivity (Wildman–Crippen MR) is 78.4 cm³/mol. The molecular weight excluding hydrogens is 346 g/mol.